The summed E-state index contributed by atoms with van der Waals surface area (Å²) in [6.45, 7) is 2.00. The predicted octanol–water partition coefficient (Wildman–Crippen LogP) is 4.10. The summed E-state index contributed by atoms with van der Waals surface area (Å²) >= 11 is 7.53. The minimum atomic E-state index is -0.993. The zero-order valence-corrected chi connectivity index (χ0v) is 19.5. The fourth-order valence-electron chi connectivity index (χ4n) is 3.53. The van der Waals surface area contributed by atoms with Crippen LogP contribution in [-0.2, 0) is 10.3 Å². The van der Waals surface area contributed by atoms with E-state index in [-0.39, 0.29) is 6.02 Å². The molecular weight excluding hydrogens is 466 g/mol. The number of thiazole rings is 1. The number of benzene rings is 1. The van der Waals surface area contributed by atoms with Gasteiger partial charge in [-0.05, 0) is 49.4 Å². The zero-order valence-electron chi connectivity index (χ0n) is 18.0. The number of amides is 1. The lowest BCUT2D eigenvalue weighted by Crippen LogP contribution is -2.36. The van der Waals surface area contributed by atoms with Crippen LogP contribution in [0.2, 0.25) is 5.02 Å². The van der Waals surface area contributed by atoms with E-state index in [1.807, 2.05) is 19.1 Å². The van der Waals surface area contributed by atoms with Crippen LogP contribution in [0, 0.1) is 6.92 Å². The van der Waals surface area contributed by atoms with Crippen molar-refractivity contribution in [3.63, 3.8) is 0 Å². The van der Waals surface area contributed by atoms with Crippen LogP contribution in [0.25, 0.3) is 10.4 Å². The van der Waals surface area contributed by atoms with E-state index in [1.165, 1.54) is 24.6 Å². The molecule has 3 aromatic rings. The maximum Gasteiger partial charge on any atom is 0.412 e. The van der Waals surface area contributed by atoms with Gasteiger partial charge >= 0.3 is 6.09 Å². The first kappa shape index (κ1) is 22.7. The number of primary amides is 1. The van der Waals surface area contributed by atoms with Crippen molar-refractivity contribution in [2.75, 3.05) is 12.4 Å². The Morgan fingerprint density at radius 3 is 2.70 bits per heavy atom. The lowest BCUT2D eigenvalue weighted by Gasteiger charge is -2.36. The van der Waals surface area contributed by atoms with Crippen molar-refractivity contribution in [1.29, 1.82) is 0 Å². The summed E-state index contributed by atoms with van der Waals surface area (Å²) in [6.07, 6.45) is 4.80. The number of nitrogens with zero attached hydrogens (tertiary/aromatic N) is 4. The maximum absolute atomic E-state index is 11.0. The highest BCUT2D eigenvalue weighted by atomic mass is 35.5. The summed E-state index contributed by atoms with van der Waals surface area (Å²) in [7, 11) is 1.50. The number of nitrogens with one attached hydrogen (secondary N) is 1. The summed E-state index contributed by atoms with van der Waals surface area (Å²) in [4.78, 5) is 29.4. The van der Waals surface area contributed by atoms with Crippen molar-refractivity contribution in [2.24, 2.45) is 16.5 Å². The Hall–Kier alpha value is -3.44. The Kier molecular flexibility index (Phi) is 6.34. The number of hydrogen-bond acceptors (Lipinski definition) is 9. The van der Waals surface area contributed by atoms with Crippen LogP contribution >= 0.6 is 22.9 Å². The summed E-state index contributed by atoms with van der Waals surface area (Å²) in [5, 5.41) is 4.33. The molecule has 0 spiro atoms. The number of amidine groups is 1. The van der Waals surface area contributed by atoms with Gasteiger partial charge in [0.05, 0.1) is 18.2 Å². The number of halogens is 1. The standard InChI is InChI=1S/C21H22ClN7O3S/c1-11-6-12(8-13(7-11)27-20-26-9-14(22)16(28-20)31-2)15-10-25-17(33-15)21(4-3-5-21)29-18(23)32-19(24)30/h6-10H,3-5H2,1-2H3,(H2,23,29)(H2,24,30)(H,26,27,28). The predicted molar refractivity (Wildman–Crippen MR) is 127 cm³/mol. The van der Waals surface area contributed by atoms with Crippen LogP contribution in [0.1, 0.15) is 29.8 Å². The highest BCUT2D eigenvalue weighted by Crippen LogP contribution is 2.47. The molecule has 12 heteroatoms. The van der Waals surface area contributed by atoms with Crippen LogP contribution in [0.15, 0.2) is 35.6 Å². The van der Waals surface area contributed by atoms with Crippen LogP contribution in [0.4, 0.5) is 16.4 Å². The van der Waals surface area contributed by atoms with Crippen LogP contribution < -0.4 is 21.5 Å². The van der Waals surface area contributed by atoms with Crippen LogP contribution in [0.5, 0.6) is 5.88 Å². The number of carbonyl (C=O) groups is 1. The topological polar surface area (TPSA) is 151 Å². The number of anilines is 2. The Balaban J connectivity index is 1.61. The molecule has 1 aromatic carbocycles. The number of nitrogens with two attached hydrogens (primary N) is 2. The first-order valence-electron chi connectivity index (χ1n) is 10.0. The molecule has 2 heterocycles. The highest BCUT2D eigenvalue weighted by molar-refractivity contribution is 7.15. The SMILES string of the molecule is COc1nc(Nc2cc(C)cc(-c3cnc(C4(N=C(N)OC(N)=O)CCC4)s3)c2)ncc1Cl. The molecule has 0 atom stereocenters. The molecule has 1 amide bonds. The van der Waals surface area contributed by atoms with Gasteiger partial charge < -0.3 is 26.3 Å². The first-order valence-corrected chi connectivity index (χ1v) is 11.2. The van der Waals surface area contributed by atoms with E-state index < -0.39 is 11.6 Å². The third-order valence-corrected chi connectivity index (χ3v) is 6.64. The van der Waals surface area contributed by atoms with Crippen LogP contribution in [-0.4, -0.2) is 34.2 Å². The minimum absolute atomic E-state index is 0.251. The van der Waals surface area contributed by atoms with Gasteiger partial charge in [-0.25, -0.2) is 19.8 Å². The number of aliphatic imine (C=N–C) groups is 1. The molecule has 1 aliphatic rings. The number of hydrogen-bond donors (Lipinski definition) is 3. The van der Waals surface area contributed by atoms with E-state index in [0.717, 1.165) is 46.0 Å². The maximum atomic E-state index is 11.0. The molecule has 1 saturated carbocycles. The van der Waals surface area contributed by atoms with E-state index >= 15 is 0 Å². The second kappa shape index (κ2) is 9.20. The van der Waals surface area contributed by atoms with Crippen molar-refractivity contribution < 1.29 is 14.3 Å². The number of rotatable bonds is 6. The van der Waals surface area contributed by atoms with E-state index in [1.54, 1.807) is 6.20 Å². The Labute approximate surface area is 199 Å². The highest BCUT2D eigenvalue weighted by Gasteiger charge is 2.42. The van der Waals surface area contributed by atoms with E-state index in [9.17, 15) is 4.79 Å². The summed E-state index contributed by atoms with van der Waals surface area (Å²) in [5.74, 6) is 0.658. The third-order valence-electron chi connectivity index (χ3n) is 5.14. The molecule has 172 valence electrons. The Morgan fingerprint density at radius 2 is 2.03 bits per heavy atom. The number of ether oxygens (including phenoxy) is 2. The molecule has 33 heavy (non-hydrogen) atoms. The molecule has 0 unspecified atom stereocenters. The lowest BCUT2D eigenvalue weighted by molar-refractivity contribution is 0.202. The second-order valence-corrected chi connectivity index (χ2v) is 8.99. The molecule has 0 radical (unpaired) electrons. The zero-order chi connectivity index (χ0) is 23.6. The van der Waals surface area contributed by atoms with Gasteiger partial charge in [-0.1, -0.05) is 17.7 Å². The van der Waals surface area contributed by atoms with Crippen molar-refractivity contribution in [3.05, 3.63) is 46.2 Å². The van der Waals surface area contributed by atoms with Gasteiger partial charge in [-0.3, -0.25) is 0 Å². The molecule has 0 aliphatic heterocycles. The molecular formula is C21H22ClN7O3S. The number of aromatic nitrogens is 3. The van der Waals surface area contributed by atoms with Crippen LogP contribution in [0.3, 0.4) is 0 Å². The average molecular weight is 488 g/mol. The quantitative estimate of drug-likeness (QED) is 0.347. The molecule has 2 aromatic heterocycles. The van der Waals surface area contributed by atoms with Gasteiger partial charge in [0.1, 0.15) is 15.6 Å². The van der Waals surface area contributed by atoms with E-state index in [0.29, 0.717) is 16.9 Å². The van der Waals surface area contributed by atoms with Gasteiger partial charge in [0.25, 0.3) is 6.02 Å². The fourth-order valence-corrected chi connectivity index (χ4v) is 4.79. The van der Waals surface area contributed by atoms with Gasteiger partial charge in [0.2, 0.25) is 11.8 Å². The summed E-state index contributed by atoms with van der Waals surface area (Å²) in [6, 6.07) is 5.78. The Morgan fingerprint density at radius 1 is 1.24 bits per heavy atom. The molecule has 5 N–H and O–H groups in total. The molecule has 0 bridgehead atoms. The second-order valence-electron chi connectivity index (χ2n) is 7.55. The third kappa shape index (κ3) is 4.99. The van der Waals surface area contributed by atoms with Crippen molar-refractivity contribution in [3.8, 4) is 16.3 Å². The van der Waals surface area contributed by atoms with E-state index in [4.69, 9.17) is 32.5 Å². The summed E-state index contributed by atoms with van der Waals surface area (Å²) < 4.78 is 9.87. The normalized spacial score (nSPS) is 14.9. The van der Waals surface area contributed by atoms with Crippen molar-refractivity contribution >= 4 is 46.7 Å². The fraction of sp³-hybridized carbons (Fsp3) is 0.286. The molecule has 0 saturated heterocycles. The lowest BCUT2D eigenvalue weighted by atomic mass is 9.78. The van der Waals surface area contributed by atoms with Gasteiger partial charge in [0, 0.05) is 11.9 Å². The van der Waals surface area contributed by atoms with E-state index in [2.05, 4.69) is 31.3 Å². The molecule has 10 nitrogen and oxygen atoms in total. The minimum Gasteiger partial charge on any atom is -0.480 e. The van der Waals surface area contributed by atoms with Gasteiger partial charge in [0.15, 0.2) is 0 Å². The summed E-state index contributed by atoms with van der Waals surface area (Å²) in [5.41, 5.74) is 13.0. The molecule has 4 rings (SSSR count). The smallest absolute Gasteiger partial charge is 0.412 e. The van der Waals surface area contributed by atoms with Crippen molar-refractivity contribution in [1.82, 2.24) is 15.0 Å². The Bertz CT molecular complexity index is 1230. The van der Waals surface area contributed by atoms with Gasteiger partial charge in [-0.2, -0.15) is 4.98 Å². The molecule has 1 fully saturated rings. The number of methoxy groups -OCH3 is 1. The first-order chi connectivity index (χ1) is 15.8. The monoisotopic (exact) mass is 487 g/mol. The molecule has 1 aliphatic carbocycles. The number of aryl methyl sites for hydroxylation is 1. The van der Waals surface area contributed by atoms with Crippen molar-refractivity contribution in [2.45, 2.75) is 31.7 Å². The average Bonchev–Trinajstić information content (AvgIpc) is 3.21. The number of carbonyl (C=O) groups excluding carboxylic acids is 1. The van der Waals surface area contributed by atoms with Gasteiger partial charge in [-0.15, -0.1) is 11.3 Å². The largest absolute Gasteiger partial charge is 0.480 e.